The summed E-state index contributed by atoms with van der Waals surface area (Å²) in [5, 5.41) is 6.14. The zero-order chi connectivity index (χ0) is 18.6. The molecule has 2 N–H and O–H groups in total. The van der Waals surface area contributed by atoms with Crippen LogP contribution in [0.1, 0.15) is 24.0 Å². The fraction of sp³-hybridized carbons (Fsp3) is 0.611. The van der Waals surface area contributed by atoms with Gasteiger partial charge in [0.15, 0.2) is 5.96 Å². The lowest BCUT2D eigenvalue weighted by atomic mass is 10.0. The number of halogens is 4. The number of guanidine groups is 1. The van der Waals surface area contributed by atoms with Crippen LogP contribution in [0.3, 0.4) is 0 Å². The maximum Gasteiger partial charge on any atom is 0.416 e. The van der Waals surface area contributed by atoms with Crippen LogP contribution >= 0.6 is 24.0 Å². The molecule has 1 aromatic rings. The molecular formula is C18H26F3IN4O. The summed E-state index contributed by atoms with van der Waals surface area (Å²) in [4.78, 5) is 6.00. The van der Waals surface area contributed by atoms with Gasteiger partial charge in [0, 0.05) is 38.9 Å². The Morgan fingerprint density at radius 2 is 1.93 bits per heavy atom. The molecule has 152 valence electrons. The molecule has 0 aromatic heterocycles. The van der Waals surface area contributed by atoms with Gasteiger partial charge in [0.2, 0.25) is 0 Å². The van der Waals surface area contributed by atoms with E-state index in [-0.39, 0.29) is 36.1 Å². The highest BCUT2D eigenvalue weighted by atomic mass is 127. The van der Waals surface area contributed by atoms with Crippen LogP contribution in [0.4, 0.5) is 18.9 Å². The number of anilines is 1. The second kappa shape index (κ2) is 9.81. The molecule has 9 heteroatoms. The van der Waals surface area contributed by atoms with Crippen molar-refractivity contribution in [3.63, 3.8) is 0 Å². The zero-order valence-corrected chi connectivity index (χ0v) is 17.6. The minimum Gasteiger partial charge on any atom is -0.378 e. The topological polar surface area (TPSA) is 48.9 Å². The van der Waals surface area contributed by atoms with Crippen molar-refractivity contribution < 1.29 is 17.9 Å². The molecular weight excluding hydrogens is 472 g/mol. The summed E-state index contributed by atoms with van der Waals surface area (Å²) in [6.45, 7) is 3.16. The summed E-state index contributed by atoms with van der Waals surface area (Å²) in [7, 11) is 1.62. The normalized spacial score (nSPS) is 18.1. The summed E-state index contributed by atoms with van der Waals surface area (Å²) in [6, 6.07) is 4.54. The van der Waals surface area contributed by atoms with Crippen molar-refractivity contribution in [2.24, 2.45) is 10.9 Å². The first-order chi connectivity index (χ1) is 12.5. The van der Waals surface area contributed by atoms with E-state index in [0.29, 0.717) is 43.9 Å². The van der Waals surface area contributed by atoms with Gasteiger partial charge in [0.1, 0.15) is 0 Å². The molecule has 0 radical (unpaired) electrons. The van der Waals surface area contributed by atoms with Gasteiger partial charge in [-0.15, -0.1) is 24.0 Å². The first-order valence-corrected chi connectivity index (χ1v) is 8.94. The third kappa shape index (κ3) is 6.41. The molecule has 0 amide bonds. The number of hydrogen-bond acceptors (Lipinski definition) is 3. The first-order valence-electron chi connectivity index (χ1n) is 8.94. The van der Waals surface area contributed by atoms with Crippen LogP contribution in [-0.2, 0) is 17.5 Å². The Labute approximate surface area is 174 Å². The van der Waals surface area contributed by atoms with Crippen molar-refractivity contribution in [2.45, 2.75) is 25.6 Å². The second-order valence-corrected chi connectivity index (χ2v) is 6.69. The minimum atomic E-state index is -4.40. The van der Waals surface area contributed by atoms with Crippen LogP contribution in [0.25, 0.3) is 0 Å². The fourth-order valence-corrected chi connectivity index (χ4v) is 2.96. The molecule has 1 saturated carbocycles. The van der Waals surface area contributed by atoms with Gasteiger partial charge in [-0.2, -0.15) is 13.2 Å². The van der Waals surface area contributed by atoms with Crippen molar-refractivity contribution in [3.05, 3.63) is 29.3 Å². The molecule has 27 heavy (non-hydrogen) atoms. The largest absolute Gasteiger partial charge is 0.416 e. The lowest BCUT2D eigenvalue weighted by Gasteiger charge is -2.29. The van der Waals surface area contributed by atoms with Gasteiger partial charge in [-0.3, -0.25) is 4.99 Å². The molecule has 0 atom stereocenters. The van der Waals surface area contributed by atoms with Crippen LogP contribution in [0.15, 0.2) is 23.2 Å². The number of morpholine rings is 1. The summed E-state index contributed by atoms with van der Waals surface area (Å²) in [5.41, 5.74) is 0.191. The summed E-state index contributed by atoms with van der Waals surface area (Å²) in [5.74, 6) is 1.19. The van der Waals surface area contributed by atoms with Crippen LogP contribution in [0, 0.1) is 5.92 Å². The van der Waals surface area contributed by atoms with Gasteiger partial charge < -0.3 is 20.3 Å². The number of benzene rings is 1. The van der Waals surface area contributed by atoms with Crippen LogP contribution in [0.2, 0.25) is 0 Å². The average molecular weight is 498 g/mol. The SMILES string of the molecule is CN=C(NCc1ccc(N2CCOCC2)cc1C(F)(F)F)NCC1CC1.I. The highest BCUT2D eigenvalue weighted by molar-refractivity contribution is 14.0. The van der Waals surface area contributed by atoms with Gasteiger partial charge in [0.25, 0.3) is 0 Å². The van der Waals surface area contributed by atoms with Crippen LogP contribution < -0.4 is 15.5 Å². The molecule has 1 aliphatic heterocycles. The molecule has 0 bridgehead atoms. The summed E-state index contributed by atoms with van der Waals surface area (Å²) in [6.07, 6.45) is -2.00. The lowest BCUT2D eigenvalue weighted by Crippen LogP contribution is -2.38. The molecule has 1 aliphatic carbocycles. The number of hydrogen-bond donors (Lipinski definition) is 2. The van der Waals surface area contributed by atoms with Crippen molar-refractivity contribution in [1.29, 1.82) is 0 Å². The smallest absolute Gasteiger partial charge is 0.378 e. The molecule has 0 spiro atoms. The van der Waals surface area contributed by atoms with Gasteiger partial charge in [-0.05, 0) is 36.5 Å². The molecule has 5 nitrogen and oxygen atoms in total. The van der Waals surface area contributed by atoms with Crippen LogP contribution in [-0.4, -0.2) is 45.9 Å². The van der Waals surface area contributed by atoms with E-state index in [0.717, 1.165) is 6.54 Å². The summed E-state index contributed by atoms with van der Waals surface area (Å²) >= 11 is 0. The van der Waals surface area contributed by atoms with Crippen LogP contribution in [0.5, 0.6) is 0 Å². The highest BCUT2D eigenvalue weighted by Crippen LogP contribution is 2.35. The number of aliphatic imine (C=N–C) groups is 1. The molecule has 0 unspecified atom stereocenters. The van der Waals surface area contributed by atoms with E-state index in [2.05, 4.69) is 15.6 Å². The minimum absolute atomic E-state index is 0. The third-order valence-corrected chi connectivity index (χ3v) is 4.70. The van der Waals surface area contributed by atoms with Crippen molar-refractivity contribution in [2.75, 3.05) is 44.8 Å². The van der Waals surface area contributed by atoms with E-state index < -0.39 is 11.7 Å². The Hall–Kier alpha value is -1.23. The summed E-state index contributed by atoms with van der Waals surface area (Å²) < 4.78 is 45.9. The van der Waals surface area contributed by atoms with Crippen molar-refractivity contribution in [1.82, 2.24) is 10.6 Å². The number of nitrogens with one attached hydrogen (secondary N) is 2. The maximum atomic E-state index is 13.5. The van der Waals surface area contributed by atoms with Crippen molar-refractivity contribution in [3.8, 4) is 0 Å². The van der Waals surface area contributed by atoms with E-state index >= 15 is 0 Å². The second-order valence-electron chi connectivity index (χ2n) is 6.69. The van der Waals surface area contributed by atoms with E-state index in [4.69, 9.17) is 4.74 Å². The van der Waals surface area contributed by atoms with E-state index in [1.807, 2.05) is 4.90 Å². The Morgan fingerprint density at radius 1 is 1.22 bits per heavy atom. The number of rotatable bonds is 5. The Kier molecular flexibility index (Phi) is 8.02. The molecule has 2 fully saturated rings. The zero-order valence-electron chi connectivity index (χ0n) is 15.3. The molecule has 1 saturated heterocycles. The Bertz CT molecular complexity index is 644. The van der Waals surface area contributed by atoms with Gasteiger partial charge in [-0.1, -0.05) is 6.07 Å². The Balaban J connectivity index is 0.00000261. The molecule has 2 aliphatic rings. The Morgan fingerprint density at radius 3 is 2.52 bits per heavy atom. The maximum absolute atomic E-state index is 13.5. The predicted octanol–water partition coefficient (Wildman–Crippen LogP) is 3.24. The number of ether oxygens (including phenoxy) is 1. The van der Waals surface area contributed by atoms with Gasteiger partial charge in [-0.25, -0.2) is 0 Å². The van der Waals surface area contributed by atoms with Gasteiger partial charge in [0.05, 0.1) is 18.8 Å². The predicted molar refractivity (Wildman–Crippen MR) is 111 cm³/mol. The van der Waals surface area contributed by atoms with Gasteiger partial charge >= 0.3 is 6.18 Å². The highest BCUT2D eigenvalue weighted by Gasteiger charge is 2.34. The molecule has 3 rings (SSSR count). The van der Waals surface area contributed by atoms with Crippen molar-refractivity contribution >= 4 is 35.6 Å². The lowest BCUT2D eigenvalue weighted by molar-refractivity contribution is -0.138. The quantitative estimate of drug-likeness (QED) is 0.372. The molecule has 1 heterocycles. The molecule has 1 aromatic carbocycles. The first kappa shape index (κ1) is 22.1. The standard InChI is InChI=1S/C18H25F3N4O.HI/c1-22-17(23-11-13-2-3-13)24-12-14-4-5-15(10-16(14)18(19,20)21)25-6-8-26-9-7-25;/h4-5,10,13H,2-3,6-9,11-12H2,1H3,(H2,22,23,24);1H. The number of alkyl halides is 3. The monoisotopic (exact) mass is 498 g/mol. The number of nitrogens with zero attached hydrogens (tertiary/aromatic N) is 2. The fourth-order valence-electron chi connectivity index (χ4n) is 2.96. The van der Waals surface area contributed by atoms with E-state index in [1.165, 1.54) is 18.9 Å². The van der Waals surface area contributed by atoms with E-state index in [1.54, 1.807) is 19.2 Å². The third-order valence-electron chi connectivity index (χ3n) is 4.70. The average Bonchev–Trinajstić information content (AvgIpc) is 3.46. The van der Waals surface area contributed by atoms with E-state index in [9.17, 15) is 13.2 Å².